The number of piperidine rings is 1. The first-order valence-electron chi connectivity index (χ1n) is 9.01. The second-order valence-corrected chi connectivity index (χ2v) is 6.59. The fourth-order valence-electron chi connectivity index (χ4n) is 3.66. The van der Waals surface area contributed by atoms with Crippen LogP contribution in [0.2, 0.25) is 0 Å². The Morgan fingerprint density at radius 3 is 2.70 bits per heavy atom. The summed E-state index contributed by atoms with van der Waals surface area (Å²) in [5, 5.41) is 3.44. The maximum absolute atomic E-state index is 12.3. The number of nitrogens with one attached hydrogen (secondary N) is 1. The third-order valence-electron chi connectivity index (χ3n) is 5.08. The van der Waals surface area contributed by atoms with E-state index in [-0.39, 0.29) is 5.91 Å². The second-order valence-electron chi connectivity index (χ2n) is 6.59. The predicted octanol–water partition coefficient (Wildman–Crippen LogP) is 2.60. The van der Waals surface area contributed by atoms with Gasteiger partial charge in [0.2, 0.25) is 0 Å². The number of likely N-dealkylation sites (tertiary alicyclic amines) is 2. The number of hydrogen-bond donors (Lipinski definition) is 1. The van der Waals surface area contributed by atoms with E-state index in [1.165, 1.54) is 25.8 Å². The minimum atomic E-state index is 0.117. The van der Waals surface area contributed by atoms with Crippen molar-refractivity contribution in [2.75, 3.05) is 38.0 Å². The average molecular weight is 316 g/mol. The molecule has 3 heterocycles. The number of aromatic nitrogens is 1. The number of carbonyl (C=O) groups is 1. The van der Waals surface area contributed by atoms with Gasteiger partial charge in [-0.2, -0.15) is 0 Å². The van der Waals surface area contributed by atoms with Crippen LogP contribution in [0.1, 0.15) is 49.4 Å². The second kappa shape index (κ2) is 7.77. The van der Waals surface area contributed by atoms with E-state index in [1.807, 2.05) is 17.0 Å². The summed E-state index contributed by atoms with van der Waals surface area (Å²) in [4.78, 5) is 21.2. The van der Waals surface area contributed by atoms with Gasteiger partial charge in [-0.15, -0.1) is 0 Å². The highest BCUT2D eigenvalue weighted by Crippen LogP contribution is 2.18. The first kappa shape index (κ1) is 16.2. The van der Waals surface area contributed by atoms with Crippen molar-refractivity contribution >= 4 is 11.7 Å². The topological polar surface area (TPSA) is 48.5 Å². The van der Waals surface area contributed by atoms with E-state index in [1.54, 1.807) is 6.20 Å². The zero-order valence-electron chi connectivity index (χ0n) is 14.1. The summed E-state index contributed by atoms with van der Waals surface area (Å²) in [5.74, 6) is 0.982. The largest absolute Gasteiger partial charge is 0.369 e. The van der Waals surface area contributed by atoms with Gasteiger partial charge in [0, 0.05) is 31.9 Å². The quantitative estimate of drug-likeness (QED) is 0.907. The molecule has 2 saturated heterocycles. The normalized spacial score (nSPS) is 22.3. The summed E-state index contributed by atoms with van der Waals surface area (Å²) in [7, 11) is 0. The van der Waals surface area contributed by atoms with Gasteiger partial charge in [0.1, 0.15) is 5.82 Å². The molecular formula is C18H28N4O. The molecule has 0 bridgehead atoms. The van der Waals surface area contributed by atoms with E-state index in [0.29, 0.717) is 11.6 Å². The molecule has 1 amide bonds. The van der Waals surface area contributed by atoms with E-state index < -0.39 is 0 Å². The van der Waals surface area contributed by atoms with Crippen LogP contribution in [-0.4, -0.2) is 59.5 Å². The smallest absolute Gasteiger partial charge is 0.255 e. The lowest BCUT2D eigenvalue weighted by Crippen LogP contribution is -2.43. The molecule has 5 nitrogen and oxygen atoms in total. The number of hydrogen-bond acceptors (Lipinski definition) is 4. The van der Waals surface area contributed by atoms with Crippen molar-refractivity contribution in [1.82, 2.24) is 14.8 Å². The zero-order chi connectivity index (χ0) is 16.1. The summed E-state index contributed by atoms with van der Waals surface area (Å²) >= 11 is 0. The lowest BCUT2D eigenvalue weighted by molar-refractivity contribution is 0.0792. The molecule has 1 aromatic rings. The van der Waals surface area contributed by atoms with Gasteiger partial charge in [0.15, 0.2) is 0 Å². The number of nitrogens with zero attached hydrogens (tertiary/aromatic N) is 3. The molecule has 0 radical (unpaired) electrons. The number of rotatable bonds is 5. The Bertz CT molecular complexity index is 510. The number of carbonyl (C=O) groups excluding carboxylic acids is 1. The molecule has 5 heteroatoms. The first-order valence-corrected chi connectivity index (χ1v) is 9.01. The van der Waals surface area contributed by atoms with E-state index in [0.717, 1.165) is 44.8 Å². The molecule has 0 spiro atoms. The Kier molecular flexibility index (Phi) is 5.49. The van der Waals surface area contributed by atoms with Crippen LogP contribution in [-0.2, 0) is 0 Å². The van der Waals surface area contributed by atoms with Crippen LogP contribution in [0.4, 0.5) is 5.82 Å². The van der Waals surface area contributed by atoms with Crippen molar-refractivity contribution < 1.29 is 4.79 Å². The molecule has 3 rings (SSSR count). The highest BCUT2D eigenvalue weighted by atomic mass is 16.2. The maximum atomic E-state index is 12.3. The van der Waals surface area contributed by atoms with Crippen molar-refractivity contribution in [3.05, 3.63) is 23.9 Å². The van der Waals surface area contributed by atoms with Crippen molar-refractivity contribution in [3.8, 4) is 0 Å². The van der Waals surface area contributed by atoms with E-state index in [2.05, 4.69) is 22.1 Å². The number of pyridine rings is 1. The minimum absolute atomic E-state index is 0.117. The third kappa shape index (κ3) is 4.02. The van der Waals surface area contributed by atoms with Crippen LogP contribution in [0, 0.1) is 0 Å². The van der Waals surface area contributed by atoms with Crippen molar-refractivity contribution in [3.63, 3.8) is 0 Å². The highest BCUT2D eigenvalue weighted by molar-refractivity contribution is 5.94. The van der Waals surface area contributed by atoms with E-state index in [9.17, 15) is 4.79 Å². The fraction of sp³-hybridized carbons (Fsp3) is 0.667. The van der Waals surface area contributed by atoms with Crippen LogP contribution in [0.3, 0.4) is 0 Å². The van der Waals surface area contributed by atoms with Gasteiger partial charge in [0.05, 0.1) is 5.56 Å². The molecule has 23 heavy (non-hydrogen) atoms. The van der Waals surface area contributed by atoms with Crippen LogP contribution < -0.4 is 5.32 Å². The lowest BCUT2D eigenvalue weighted by Gasteiger charge is -2.35. The standard InChI is InChI=1S/C18H28N4O/c1-2-21-10-4-3-7-16(21)14-20-17-9-8-15(13-19-17)18(23)22-11-5-6-12-22/h8-9,13,16H,2-7,10-12,14H2,1H3,(H,19,20). The summed E-state index contributed by atoms with van der Waals surface area (Å²) in [5.41, 5.74) is 0.699. The van der Waals surface area contributed by atoms with Crippen LogP contribution in [0.5, 0.6) is 0 Å². The molecule has 1 aromatic heterocycles. The van der Waals surface area contributed by atoms with Gasteiger partial charge in [-0.05, 0) is 50.9 Å². The van der Waals surface area contributed by atoms with Gasteiger partial charge in [-0.1, -0.05) is 13.3 Å². The molecule has 1 atom stereocenters. The van der Waals surface area contributed by atoms with Crippen molar-refractivity contribution in [1.29, 1.82) is 0 Å². The molecule has 2 aliphatic heterocycles. The molecule has 2 fully saturated rings. The van der Waals surface area contributed by atoms with Gasteiger partial charge in [-0.25, -0.2) is 4.98 Å². The number of amides is 1. The van der Waals surface area contributed by atoms with Crippen LogP contribution in [0.25, 0.3) is 0 Å². The fourth-order valence-corrected chi connectivity index (χ4v) is 3.66. The van der Waals surface area contributed by atoms with Crippen LogP contribution >= 0.6 is 0 Å². The molecule has 1 N–H and O–H groups in total. The molecule has 1 unspecified atom stereocenters. The number of anilines is 1. The number of likely N-dealkylation sites (N-methyl/N-ethyl adjacent to an activating group) is 1. The lowest BCUT2D eigenvalue weighted by atomic mass is 10.0. The van der Waals surface area contributed by atoms with Gasteiger partial charge in [0.25, 0.3) is 5.91 Å². The SMILES string of the molecule is CCN1CCCCC1CNc1ccc(C(=O)N2CCCC2)cn1. The Labute approximate surface area is 139 Å². The summed E-state index contributed by atoms with van der Waals surface area (Å²) in [6.45, 7) is 7.25. The van der Waals surface area contributed by atoms with Gasteiger partial charge in [-0.3, -0.25) is 9.69 Å². The Morgan fingerprint density at radius 2 is 2.00 bits per heavy atom. The van der Waals surface area contributed by atoms with Crippen molar-refractivity contribution in [2.45, 2.75) is 45.1 Å². The van der Waals surface area contributed by atoms with Crippen molar-refractivity contribution in [2.24, 2.45) is 0 Å². The van der Waals surface area contributed by atoms with E-state index in [4.69, 9.17) is 0 Å². The van der Waals surface area contributed by atoms with Gasteiger partial charge >= 0.3 is 0 Å². The molecule has 0 saturated carbocycles. The Hall–Kier alpha value is -1.62. The Morgan fingerprint density at radius 1 is 1.22 bits per heavy atom. The molecule has 0 aromatic carbocycles. The first-order chi connectivity index (χ1) is 11.3. The Balaban J connectivity index is 1.53. The zero-order valence-corrected chi connectivity index (χ0v) is 14.1. The predicted molar refractivity (Wildman–Crippen MR) is 92.8 cm³/mol. The molecule has 2 aliphatic rings. The van der Waals surface area contributed by atoms with Gasteiger partial charge < -0.3 is 10.2 Å². The molecular weight excluding hydrogens is 288 g/mol. The summed E-state index contributed by atoms with van der Waals surface area (Å²) in [6.07, 6.45) is 7.84. The summed E-state index contributed by atoms with van der Waals surface area (Å²) < 4.78 is 0. The highest BCUT2D eigenvalue weighted by Gasteiger charge is 2.21. The van der Waals surface area contributed by atoms with E-state index >= 15 is 0 Å². The summed E-state index contributed by atoms with van der Waals surface area (Å²) in [6, 6.07) is 4.43. The third-order valence-corrected chi connectivity index (χ3v) is 5.08. The monoisotopic (exact) mass is 316 g/mol. The molecule has 126 valence electrons. The average Bonchev–Trinajstić information content (AvgIpc) is 3.14. The minimum Gasteiger partial charge on any atom is -0.369 e. The maximum Gasteiger partial charge on any atom is 0.255 e. The molecule has 0 aliphatic carbocycles. The van der Waals surface area contributed by atoms with Crippen LogP contribution in [0.15, 0.2) is 18.3 Å².